The summed E-state index contributed by atoms with van der Waals surface area (Å²) in [7, 11) is -16.8. The summed E-state index contributed by atoms with van der Waals surface area (Å²) in [6, 6.07) is 5.91. The maximum Gasteiger partial charge on any atom is 0.490 e. The van der Waals surface area contributed by atoms with Crippen molar-refractivity contribution in [2.45, 2.75) is 51.4 Å². The van der Waals surface area contributed by atoms with E-state index in [4.69, 9.17) is 25.0 Å². The largest absolute Gasteiger partial charge is 0.490 e. The van der Waals surface area contributed by atoms with Crippen molar-refractivity contribution in [3.63, 3.8) is 0 Å². The number of phosphoric ester groups is 1. The van der Waals surface area contributed by atoms with Crippen LogP contribution in [0.1, 0.15) is 49.3 Å². The van der Waals surface area contributed by atoms with Crippen molar-refractivity contribution in [1.82, 2.24) is 14.5 Å². The number of benzene rings is 1. The first-order valence-electron chi connectivity index (χ1n) is 13.3. The molecule has 1 aliphatic rings. The second-order valence-corrected chi connectivity index (χ2v) is 14.9. The molecule has 3 aromatic rings. The van der Waals surface area contributed by atoms with Crippen molar-refractivity contribution in [3.05, 3.63) is 57.5 Å². The third kappa shape index (κ3) is 9.04. The maximum atomic E-state index is 12.1. The van der Waals surface area contributed by atoms with Gasteiger partial charge in [-0.05, 0) is 18.1 Å². The van der Waals surface area contributed by atoms with Crippen LogP contribution in [0, 0.1) is 27.4 Å². The van der Waals surface area contributed by atoms with Gasteiger partial charge in [-0.3, -0.25) is 14.6 Å². The molecule has 24 heteroatoms. The van der Waals surface area contributed by atoms with Gasteiger partial charge in [0.1, 0.15) is 30.1 Å². The average Bonchev–Trinajstić information content (AvgIpc) is 3.50. The number of nitriles is 1. The number of aliphatic hydroxyl groups is 1. The van der Waals surface area contributed by atoms with Gasteiger partial charge in [-0.1, -0.05) is 13.8 Å². The number of aliphatic hydroxyl groups excluding tert-OH is 1. The lowest BCUT2D eigenvalue weighted by Gasteiger charge is -2.22. The van der Waals surface area contributed by atoms with Crippen molar-refractivity contribution in [2.24, 2.45) is 5.92 Å². The molecule has 0 amide bonds. The SMILES string of the molecule is CC(C)[C@@H](OCc1cn([C@H]2CC(O)[C@@H](COP(=O)(O)OP(=O)(O)OP(=O)(O)O)O2)c2ncnc(N)c12)c1cc(C#N)ccc1[N+](=O)[O-]. The third-order valence-electron chi connectivity index (χ3n) is 6.73. The Morgan fingerprint density at radius 2 is 1.89 bits per heavy atom. The Balaban J connectivity index is 1.55. The predicted octanol–water partition coefficient (Wildman–Crippen LogP) is 2.70. The molecular formula is C23H29N6O15P3. The third-order valence-corrected chi connectivity index (χ3v) is 10.5. The van der Waals surface area contributed by atoms with Crippen LogP contribution in [0.4, 0.5) is 11.5 Å². The fraction of sp³-hybridized carbons (Fsp3) is 0.435. The highest BCUT2D eigenvalue weighted by molar-refractivity contribution is 7.66. The molecule has 2 aromatic heterocycles. The molecule has 6 atom stereocenters. The molecule has 0 bridgehead atoms. The Morgan fingerprint density at radius 3 is 2.51 bits per heavy atom. The molecule has 256 valence electrons. The summed E-state index contributed by atoms with van der Waals surface area (Å²) in [6.07, 6.45) is -1.89. The number of phosphoric acid groups is 3. The van der Waals surface area contributed by atoms with Gasteiger partial charge >= 0.3 is 23.5 Å². The molecule has 1 fully saturated rings. The molecule has 21 nitrogen and oxygen atoms in total. The van der Waals surface area contributed by atoms with Gasteiger partial charge in [-0.2, -0.15) is 13.9 Å². The normalized spacial score (nSPS) is 21.7. The smallest absolute Gasteiger partial charge is 0.390 e. The van der Waals surface area contributed by atoms with Gasteiger partial charge in [0, 0.05) is 24.2 Å². The van der Waals surface area contributed by atoms with Crippen molar-refractivity contribution < 1.29 is 65.9 Å². The van der Waals surface area contributed by atoms with E-state index >= 15 is 0 Å². The molecule has 0 aliphatic carbocycles. The Hall–Kier alpha value is -3.18. The fourth-order valence-corrected chi connectivity index (χ4v) is 7.89. The molecule has 3 heterocycles. The van der Waals surface area contributed by atoms with Crippen LogP contribution in [0.2, 0.25) is 0 Å². The molecular weight excluding hydrogens is 693 g/mol. The van der Waals surface area contributed by atoms with Crippen LogP contribution in [-0.4, -0.2) is 63.0 Å². The summed E-state index contributed by atoms with van der Waals surface area (Å²) < 4.78 is 59.9. The number of nitrogens with two attached hydrogens (primary N) is 1. The van der Waals surface area contributed by atoms with Crippen LogP contribution in [-0.2, 0) is 42.9 Å². The average molecular weight is 722 g/mol. The number of anilines is 1. The highest BCUT2D eigenvalue weighted by Gasteiger charge is 2.43. The monoisotopic (exact) mass is 722 g/mol. The summed E-state index contributed by atoms with van der Waals surface area (Å²) in [6.45, 7) is 2.52. The molecule has 4 rings (SSSR count). The van der Waals surface area contributed by atoms with Crippen molar-refractivity contribution in [2.75, 3.05) is 12.3 Å². The maximum absolute atomic E-state index is 12.1. The first kappa shape index (κ1) is 36.7. The Labute approximate surface area is 265 Å². The van der Waals surface area contributed by atoms with Gasteiger partial charge in [0.2, 0.25) is 0 Å². The Morgan fingerprint density at radius 1 is 1.19 bits per heavy atom. The molecule has 0 radical (unpaired) electrons. The minimum atomic E-state index is -5.75. The zero-order chi connectivity index (χ0) is 34.9. The van der Waals surface area contributed by atoms with E-state index in [0.717, 1.165) is 0 Å². The number of hydrogen-bond donors (Lipinski definition) is 6. The molecule has 1 aliphatic heterocycles. The number of rotatable bonds is 14. The van der Waals surface area contributed by atoms with Gasteiger partial charge in [-0.25, -0.2) is 23.7 Å². The number of nitro benzene ring substituents is 1. The molecule has 0 saturated carbocycles. The zero-order valence-electron chi connectivity index (χ0n) is 24.4. The first-order chi connectivity index (χ1) is 21.8. The van der Waals surface area contributed by atoms with E-state index in [9.17, 15) is 44.0 Å². The number of fused-ring (bicyclic) bond motifs is 1. The molecule has 47 heavy (non-hydrogen) atoms. The lowest BCUT2D eigenvalue weighted by atomic mass is 9.95. The Bertz CT molecular complexity index is 1840. The van der Waals surface area contributed by atoms with Gasteiger partial charge in [0.05, 0.1) is 52.9 Å². The van der Waals surface area contributed by atoms with Gasteiger partial charge in [0.15, 0.2) is 0 Å². The van der Waals surface area contributed by atoms with Gasteiger partial charge in [0.25, 0.3) is 5.69 Å². The summed E-state index contributed by atoms with van der Waals surface area (Å²) in [4.78, 5) is 55.8. The number of nitrogen functional groups attached to an aromatic ring is 1. The number of nitro groups is 1. The molecule has 7 N–H and O–H groups in total. The van der Waals surface area contributed by atoms with Crippen LogP contribution in [0.25, 0.3) is 11.0 Å². The molecule has 0 spiro atoms. The lowest BCUT2D eigenvalue weighted by Crippen LogP contribution is -2.26. The minimum absolute atomic E-state index is 0.0497. The molecule has 3 unspecified atom stereocenters. The van der Waals surface area contributed by atoms with Crippen LogP contribution in [0.3, 0.4) is 0 Å². The van der Waals surface area contributed by atoms with Crippen LogP contribution in [0.5, 0.6) is 0 Å². The summed E-state index contributed by atoms with van der Waals surface area (Å²) in [5, 5.41) is 32.0. The standard InChI is InChI=1S/C23H29N6O15P3/c1-12(2)21(15-5-13(7-24)3-4-16(15)29(31)32)40-9-14-8-28(23-20(14)22(25)26-11-27-23)19-6-17(30)18(42-19)10-41-46(36,37)44-47(38,39)43-45(33,34)35/h3-5,8,11-12,17-19,21,30H,6,9-10H2,1-2H3,(H,36,37)(H,38,39)(H2,25,26,27)(H2,33,34,35)/t17?,18-,19-,21-/m1/s1. The summed E-state index contributed by atoms with van der Waals surface area (Å²) >= 11 is 0. The highest BCUT2D eigenvalue weighted by Crippen LogP contribution is 2.66. The van der Waals surface area contributed by atoms with Crippen LogP contribution in [0.15, 0.2) is 30.7 Å². The summed E-state index contributed by atoms with van der Waals surface area (Å²) in [5.41, 5.74) is 6.98. The second kappa shape index (κ2) is 14.1. The van der Waals surface area contributed by atoms with Gasteiger partial charge in [-0.15, -0.1) is 0 Å². The van der Waals surface area contributed by atoms with E-state index in [1.807, 2.05) is 6.07 Å². The van der Waals surface area contributed by atoms with Crippen molar-refractivity contribution in [1.29, 1.82) is 5.26 Å². The zero-order valence-corrected chi connectivity index (χ0v) is 27.1. The first-order valence-corrected chi connectivity index (χ1v) is 17.8. The van der Waals surface area contributed by atoms with E-state index in [1.54, 1.807) is 13.8 Å². The topological polar surface area (TPSA) is 322 Å². The highest BCUT2D eigenvalue weighted by atomic mass is 31.3. The van der Waals surface area contributed by atoms with E-state index in [2.05, 4.69) is 23.1 Å². The second-order valence-electron chi connectivity index (χ2n) is 10.5. The van der Waals surface area contributed by atoms with E-state index in [1.165, 1.54) is 35.3 Å². The number of aromatic nitrogens is 3. The number of ether oxygens (including phenoxy) is 2. The Kier molecular flexibility index (Phi) is 11.0. The van der Waals surface area contributed by atoms with Crippen LogP contribution < -0.4 is 5.73 Å². The predicted molar refractivity (Wildman–Crippen MR) is 156 cm³/mol. The molecule has 1 aromatic carbocycles. The van der Waals surface area contributed by atoms with Crippen molar-refractivity contribution in [3.8, 4) is 6.07 Å². The van der Waals surface area contributed by atoms with Crippen molar-refractivity contribution >= 4 is 46.0 Å². The lowest BCUT2D eigenvalue weighted by molar-refractivity contribution is -0.386. The van der Waals surface area contributed by atoms with Gasteiger partial charge < -0.3 is 44.5 Å². The number of hydrogen-bond acceptors (Lipinski definition) is 15. The quantitative estimate of drug-likeness (QED) is 0.0791. The van der Waals surface area contributed by atoms with E-state index in [0.29, 0.717) is 10.9 Å². The molecule has 1 saturated heterocycles. The minimum Gasteiger partial charge on any atom is -0.390 e. The fourth-order valence-electron chi connectivity index (χ4n) is 4.86. The van der Waals surface area contributed by atoms with Crippen LogP contribution >= 0.6 is 23.5 Å². The van der Waals surface area contributed by atoms with E-state index in [-0.39, 0.29) is 47.2 Å². The summed E-state index contributed by atoms with van der Waals surface area (Å²) in [5.74, 6) is -0.234. The van der Waals surface area contributed by atoms with E-state index < -0.39 is 59.5 Å². The number of nitrogens with zero attached hydrogens (tertiary/aromatic N) is 5.